The van der Waals surface area contributed by atoms with Gasteiger partial charge in [0.25, 0.3) is 5.91 Å². The van der Waals surface area contributed by atoms with Gasteiger partial charge in [0, 0.05) is 10.6 Å². The summed E-state index contributed by atoms with van der Waals surface area (Å²) in [5.41, 5.74) is 2.11. The Labute approximate surface area is 108 Å². The van der Waals surface area contributed by atoms with Gasteiger partial charge in [0.1, 0.15) is 0 Å². The summed E-state index contributed by atoms with van der Waals surface area (Å²) in [6, 6.07) is 3.73. The number of aromatic amines is 1. The zero-order chi connectivity index (χ0) is 12.4. The van der Waals surface area contributed by atoms with E-state index in [4.69, 9.17) is 11.6 Å². The van der Waals surface area contributed by atoms with Crippen LogP contribution >= 0.6 is 22.9 Å². The second-order valence-corrected chi connectivity index (χ2v) is 5.50. The Morgan fingerprint density at radius 3 is 2.82 bits per heavy atom. The van der Waals surface area contributed by atoms with Crippen LogP contribution < -0.4 is 5.32 Å². The van der Waals surface area contributed by atoms with Crippen molar-refractivity contribution in [3.63, 3.8) is 0 Å². The zero-order valence-corrected chi connectivity index (χ0v) is 11.1. The topological polar surface area (TPSA) is 57.8 Å². The highest BCUT2D eigenvalue weighted by molar-refractivity contribution is 7.16. The number of amides is 1. The van der Waals surface area contributed by atoms with Crippen molar-refractivity contribution in [3.05, 3.63) is 38.3 Å². The van der Waals surface area contributed by atoms with Crippen LogP contribution in [0.25, 0.3) is 0 Å². The summed E-state index contributed by atoms with van der Waals surface area (Å²) in [4.78, 5) is 13.0. The Bertz CT molecular complexity index is 527. The van der Waals surface area contributed by atoms with Crippen LogP contribution in [0, 0.1) is 13.8 Å². The molecule has 0 saturated carbocycles. The van der Waals surface area contributed by atoms with Crippen molar-refractivity contribution in [2.24, 2.45) is 0 Å². The van der Waals surface area contributed by atoms with Gasteiger partial charge < -0.3 is 5.32 Å². The first-order chi connectivity index (χ1) is 8.08. The molecule has 0 spiro atoms. The van der Waals surface area contributed by atoms with E-state index in [0.717, 1.165) is 14.9 Å². The minimum Gasteiger partial charge on any atom is -0.347 e. The van der Waals surface area contributed by atoms with E-state index in [2.05, 4.69) is 15.5 Å². The van der Waals surface area contributed by atoms with Gasteiger partial charge in [0.15, 0.2) is 0 Å². The summed E-state index contributed by atoms with van der Waals surface area (Å²) < 4.78 is 0.727. The highest BCUT2D eigenvalue weighted by Gasteiger charge is 2.14. The van der Waals surface area contributed by atoms with Crippen molar-refractivity contribution >= 4 is 28.8 Å². The lowest BCUT2D eigenvalue weighted by molar-refractivity contribution is 0.0950. The molecular formula is C11H12ClN3OS. The third kappa shape index (κ3) is 2.68. The van der Waals surface area contributed by atoms with Crippen molar-refractivity contribution in [1.82, 2.24) is 15.5 Å². The second-order valence-electron chi connectivity index (χ2n) is 3.70. The lowest BCUT2D eigenvalue weighted by Gasteiger charge is -2.03. The molecule has 0 radical (unpaired) electrons. The van der Waals surface area contributed by atoms with Crippen LogP contribution in [0.4, 0.5) is 0 Å². The SMILES string of the molecule is Cc1n[nH]c(C)c1C(=O)NCc1ccc(Cl)s1. The smallest absolute Gasteiger partial charge is 0.255 e. The number of nitrogens with zero attached hydrogens (tertiary/aromatic N) is 1. The molecule has 0 aromatic carbocycles. The molecule has 0 aliphatic carbocycles. The van der Waals surface area contributed by atoms with Gasteiger partial charge in [-0.05, 0) is 26.0 Å². The molecule has 0 aliphatic rings. The van der Waals surface area contributed by atoms with Crippen molar-refractivity contribution in [2.75, 3.05) is 0 Å². The lowest BCUT2D eigenvalue weighted by atomic mass is 10.2. The summed E-state index contributed by atoms with van der Waals surface area (Å²) >= 11 is 7.28. The van der Waals surface area contributed by atoms with E-state index >= 15 is 0 Å². The maximum absolute atomic E-state index is 11.9. The fraction of sp³-hybridized carbons (Fsp3) is 0.273. The maximum atomic E-state index is 11.9. The Morgan fingerprint density at radius 1 is 1.53 bits per heavy atom. The molecule has 0 atom stereocenters. The highest BCUT2D eigenvalue weighted by Crippen LogP contribution is 2.21. The Morgan fingerprint density at radius 2 is 2.29 bits per heavy atom. The molecule has 0 aliphatic heterocycles. The predicted octanol–water partition coefficient (Wildman–Crippen LogP) is 2.67. The van der Waals surface area contributed by atoms with E-state index in [0.29, 0.717) is 17.8 Å². The first-order valence-corrected chi connectivity index (χ1v) is 6.31. The summed E-state index contributed by atoms with van der Waals surface area (Å²) in [6.07, 6.45) is 0. The van der Waals surface area contributed by atoms with Crippen LogP contribution in [0.3, 0.4) is 0 Å². The fourth-order valence-electron chi connectivity index (χ4n) is 1.59. The molecule has 0 saturated heterocycles. The van der Waals surface area contributed by atoms with E-state index in [1.54, 1.807) is 6.92 Å². The third-order valence-corrected chi connectivity index (χ3v) is 3.64. The fourth-order valence-corrected chi connectivity index (χ4v) is 2.62. The van der Waals surface area contributed by atoms with E-state index in [-0.39, 0.29) is 5.91 Å². The molecule has 0 bridgehead atoms. The first-order valence-electron chi connectivity index (χ1n) is 5.12. The summed E-state index contributed by atoms with van der Waals surface area (Å²) in [6.45, 7) is 4.12. The van der Waals surface area contributed by atoms with Crippen molar-refractivity contribution < 1.29 is 4.79 Å². The van der Waals surface area contributed by atoms with E-state index < -0.39 is 0 Å². The number of hydrogen-bond donors (Lipinski definition) is 2. The van der Waals surface area contributed by atoms with Gasteiger partial charge in [-0.2, -0.15) is 5.10 Å². The third-order valence-electron chi connectivity index (χ3n) is 2.41. The molecule has 0 fully saturated rings. The molecule has 17 heavy (non-hydrogen) atoms. The van der Waals surface area contributed by atoms with Gasteiger partial charge >= 0.3 is 0 Å². The van der Waals surface area contributed by atoms with Gasteiger partial charge in [-0.1, -0.05) is 11.6 Å². The van der Waals surface area contributed by atoms with E-state index in [1.807, 2.05) is 19.1 Å². The van der Waals surface area contributed by atoms with Crippen LogP contribution in [0.5, 0.6) is 0 Å². The monoisotopic (exact) mass is 269 g/mol. The van der Waals surface area contributed by atoms with Crippen LogP contribution in [0.1, 0.15) is 26.6 Å². The Balaban J connectivity index is 2.03. The van der Waals surface area contributed by atoms with E-state index in [9.17, 15) is 4.79 Å². The standard InChI is InChI=1S/C11H12ClN3OS/c1-6-10(7(2)15-14-6)11(16)13-5-8-3-4-9(12)17-8/h3-4H,5H2,1-2H3,(H,13,16)(H,14,15). The molecular weight excluding hydrogens is 258 g/mol. The van der Waals surface area contributed by atoms with Crippen molar-refractivity contribution in [1.29, 1.82) is 0 Å². The average Bonchev–Trinajstić information content (AvgIpc) is 2.83. The van der Waals surface area contributed by atoms with Gasteiger partial charge in [-0.15, -0.1) is 11.3 Å². The number of carbonyl (C=O) groups is 1. The zero-order valence-electron chi connectivity index (χ0n) is 9.50. The molecule has 1 amide bonds. The molecule has 90 valence electrons. The number of H-pyrrole nitrogens is 1. The minimum atomic E-state index is -0.113. The average molecular weight is 270 g/mol. The number of aryl methyl sites for hydroxylation is 2. The van der Waals surface area contributed by atoms with Gasteiger partial charge in [0.2, 0.25) is 0 Å². The van der Waals surface area contributed by atoms with E-state index in [1.165, 1.54) is 11.3 Å². The van der Waals surface area contributed by atoms with Gasteiger partial charge in [0.05, 0.1) is 22.1 Å². The molecule has 2 aromatic rings. The summed E-state index contributed by atoms with van der Waals surface area (Å²) in [5, 5.41) is 9.63. The molecule has 6 heteroatoms. The second kappa shape index (κ2) is 4.89. The Kier molecular flexibility index (Phi) is 3.49. The number of nitrogens with one attached hydrogen (secondary N) is 2. The quantitative estimate of drug-likeness (QED) is 0.900. The highest BCUT2D eigenvalue weighted by atomic mass is 35.5. The van der Waals surface area contributed by atoms with Crippen LogP contribution in [-0.2, 0) is 6.54 Å². The van der Waals surface area contributed by atoms with Gasteiger partial charge in [-0.3, -0.25) is 9.89 Å². The number of halogens is 1. The molecule has 2 rings (SSSR count). The normalized spacial score (nSPS) is 10.5. The number of hydrogen-bond acceptors (Lipinski definition) is 3. The summed E-state index contributed by atoms with van der Waals surface area (Å²) in [7, 11) is 0. The molecule has 0 unspecified atom stereocenters. The molecule has 2 N–H and O–H groups in total. The number of rotatable bonds is 3. The first kappa shape index (κ1) is 12.1. The molecule has 2 aromatic heterocycles. The predicted molar refractivity (Wildman–Crippen MR) is 68.6 cm³/mol. The van der Waals surface area contributed by atoms with Gasteiger partial charge in [-0.25, -0.2) is 0 Å². The van der Waals surface area contributed by atoms with Crippen LogP contribution in [0.15, 0.2) is 12.1 Å². The maximum Gasteiger partial charge on any atom is 0.255 e. The van der Waals surface area contributed by atoms with Crippen LogP contribution in [0.2, 0.25) is 4.34 Å². The largest absolute Gasteiger partial charge is 0.347 e. The molecule has 4 nitrogen and oxygen atoms in total. The minimum absolute atomic E-state index is 0.113. The van der Waals surface area contributed by atoms with Crippen LogP contribution in [-0.4, -0.2) is 16.1 Å². The lowest BCUT2D eigenvalue weighted by Crippen LogP contribution is -2.23. The number of thiophene rings is 1. The number of aromatic nitrogens is 2. The van der Waals surface area contributed by atoms with Crippen molar-refractivity contribution in [3.8, 4) is 0 Å². The number of carbonyl (C=O) groups excluding carboxylic acids is 1. The Hall–Kier alpha value is -1.33. The summed E-state index contributed by atoms with van der Waals surface area (Å²) in [5.74, 6) is -0.113. The molecule has 2 heterocycles. The van der Waals surface area contributed by atoms with Crippen molar-refractivity contribution in [2.45, 2.75) is 20.4 Å².